The second-order valence-electron chi connectivity index (χ2n) is 4.27. The van der Waals surface area contributed by atoms with Crippen LogP contribution in [0.25, 0.3) is 0 Å². The molecule has 0 aliphatic carbocycles. The molecule has 1 aromatic heterocycles. The normalized spacial score (nSPS) is 12.4. The maximum atomic E-state index is 5.58. The van der Waals surface area contributed by atoms with Crippen LogP contribution in [0.1, 0.15) is 25.5 Å². The second kappa shape index (κ2) is 6.16. The molecule has 0 amide bonds. The summed E-state index contributed by atoms with van der Waals surface area (Å²) in [5, 5.41) is 7.45. The quantitative estimate of drug-likeness (QED) is 0.918. The summed E-state index contributed by atoms with van der Waals surface area (Å²) in [4.78, 5) is 4.03. The van der Waals surface area contributed by atoms with Gasteiger partial charge in [0, 0.05) is 17.6 Å². The van der Waals surface area contributed by atoms with Crippen LogP contribution in [0.3, 0.4) is 0 Å². The standard InChI is InChI=1S/C13H17BrN4O/c1-4-15-9(2)11-6-5-10(7-12(11)14)19-13-16-8-18(3)17-13/h5-9,15H,4H2,1-3H3. The lowest BCUT2D eigenvalue weighted by molar-refractivity contribution is 0.438. The zero-order valence-electron chi connectivity index (χ0n) is 11.2. The molecule has 1 heterocycles. The van der Waals surface area contributed by atoms with Gasteiger partial charge < -0.3 is 10.1 Å². The first-order valence-electron chi connectivity index (χ1n) is 6.16. The van der Waals surface area contributed by atoms with E-state index >= 15 is 0 Å². The van der Waals surface area contributed by atoms with E-state index in [1.165, 1.54) is 5.56 Å². The van der Waals surface area contributed by atoms with Gasteiger partial charge in [0.25, 0.3) is 0 Å². The predicted molar refractivity (Wildman–Crippen MR) is 77.3 cm³/mol. The number of aromatic nitrogens is 3. The molecule has 1 N–H and O–H groups in total. The molecule has 0 spiro atoms. The molecule has 102 valence electrons. The highest BCUT2D eigenvalue weighted by molar-refractivity contribution is 9.10. The average molecular weight is 325 g/mol. The van der Waals surface area contributed by atoms with E-state index < -0.39 is 0 Å². The third kappa shape index (κ3) is 3.54. The summed E-state index contributed by atoms with van der Waals surface area (Å²) in [6.45, 7) is 5.16. The molecule has 0 saturated carbocycles. The summed E-state index contributed by atoms with van der Waals surface area (Å²) in [5.41, 5.74) is 1.20. The molecule has 0 aliphatic heterocycles. The Bertz CT molecular complexity index is 555. The summed E-state index contributed by atoms with van der Waals surface area (Å²) in [5.74, 6) is 0.713. The van der Waals surface area contributed by atoms with Crippen molar-refractivity contribution >= 4 is 15.9 Å². The van der Waals surface area contributed by atoms with Gasteiger partial charge in [-0.2, -0.15) is 4.98 Å². The maximum absolute atomic E-state index is 5.58. The van der Waals surface area contributed by atoms with Crippen molar-refractivity contribution in [3.63, 3.8) is 0 Å². The number of halogens is 1. The van der Waals surface area contributed by atoms with Crippen LogP contribution in [0.5, 0.6) is 11.8 Å². The summed E-state index contributed by atoms with van der Waals surface area (Å²) in [7, 11) is 1.80. The lowest BCUT2D eigenvalue weighted by Gasteiger charge is -2.15. The van der Waals surface area contributed by atoms with Crippen molar-refractivity contribution in [2.24, 2.45) is 7.05 Å². The van der Waals surface area contributed by atoms with Gasteiger partial charge in [-0.3, -0.25) is 4.68 Å². The van der Waals surface area contributed by atoms with Gasteiger partial charge in [0.2, 0.25) is 0 Å². The second-order valence-corrected chi connectivity index (χ2v) is 5.12. The molecule has 1 unspecified atom stereocenters. The van der Waals surface area contributed by atoms with Crippen LogP contribution >= 0.6 is 15.9 Å². The van der Waals surface area contributed by atoms with Crippen molar-refractivity contribution in [2.45, 2.75) is 19.9 Å². The van der Waals surface area contributed by atoms with Gasteiger partial charge in [-0.1, -0.05) is 28.9 Å². The highest BCUT2D eigenvalue weighted by Crippen LogP contribution is 2.29. The summed E-state index contributed by atoms with van der Waals surface area (Å²) in [6, 6.07) is 6.53. The van der Waals surface area contributed by atoms with E-state index in [4.69, 9.17) is 4.74 Å². The highest BCUT2D eigenvalue weighted by Gasteiger charge is 2.10. The number of benzene rings is 1. The first kappa shape index (κ1) is 14.0. The Kier molecular flexibility index (Phi) is 4.55. The number of nitrogens with one attached hydrogen (secondary N) is 1. The minimum Gasteiger partial charge on any atom is -0.423 e. The number of nitrogens with zero attached hydrogens (tertiary/aromatic N) is 3. The molecule has 5 nitrogen and oxygen atoms in total. The summed E-state index contributed by atoms with van der Waals surface area (Å²) >= 11 is 3.57. The van der Waals surface area contributed by atoms with Crippen LogP contribution in [-0.4, -0.2) is 21.3 Å². The fourth-order valence-electron chi connectivity index (χ4n) is 1.81. The van der Waals surface area contributed by atoms with Crippen LogP contribution in [0, 0.1) is 0 Å². The van der Waals surface area contributed by atoms with Crippen LogP contribution in [0.15, 0.2) is 29.0 Å². The Morgan fingerprint density at radius 3 is 2.84 bits per heavy atom. The lowest BCUT2D eigenvalue weighted by Crippen LogP contribution is -2.18. The fourth-order valence-corrected chi connectivity index (χ4v) is 2.51. The Balaban J connectivity index is 2.14. The molecular weight excluding hydrogens is 308 g/mol. The SMILES string of the molecule is CCNC(C)c1ccc(Oc2ncn(C)n2)cc1Br. The smallest absolute Gasteiger partial charge is 0.340 e. The van der Waals surface area contributed by atoms with Gasteiger partial charge in [0.1, 0.15) is 12.1 Å². The Labute approximate surface area is 121 Å². The fraction of sp³-hybridized carbons (Fsp3) is 0.385. The minimum absolute atomic E-state index is 0.293. The highest BCUT2D eigenvalue weighted by atomic mass is 79.9. The molecular formula is C13H17BrN4O. The largest absolute Gasteiger partial charge is 0.423 e. The van der Waals surface area contributed by atoms with Gasteiger partial charge in [-0.15, -0.1) is 5.10 Å². The van der Waals surface area contributed by atoms with Gasteiger partial charge in [-0.05, 0) is 31.2 Å². The molecule has 6 heteroatoms. The Morgan fingerprint density at radius 1 is 1.47 bits per heavy atom. The van der Waals surface area contributed by atoms with Crippen molar-refractivity contribution in [1.82, 2.24) is 20.1 Å². The Hall–Kier alpha value is -1.40. The molecule has 1 aromatic carbocycles. The number of hydrogen-bond donors (Lipinski definition) is 1. The van der Waals surface area contributed by atoms with Gasteiger partial charge in [-0.25, -0.2) is 0 Å². The first-order chi connectivity index (χ1) is 9.10. The third-order valence-electron chi connectivity index (χ3n) is 2.74. The zero-order chi connectivity index (χ0) is 13.8. The molecule has 0 aliphatic rings. The van der Waals surface area contributed by atoms with Gasteiger partial charge in [0.15, 0.2) is 0 Å². The van der Waals surface area contributed by atoms with Crippen molar-refractivity contribution in [2.75, 3.05) is 6.54 Å². The molecule has 2 aromatic rings. The van der Waals surface area contributed by atoms with Gasteiger partial charge in [0.05, 0.1) is 0 Å². The molecule has 0 fully saturated rings. The van der Waals surface area contributed by atoms with Gasteiger partial charge >= 0.3 is 6.01 Å². The maximum Gasteiger partial charge on any atom is 0.340 e. The van der Waals surface area contributed by atoms with E-state index in [0.29, 0.717) is 17.8 Å². The van der Waals surface area contributed by atoms with E-state index in [9.17, 15) is 0 Å². The molecule has 0 bridgehead atoms. The molecule has 0 saturated heterocycles. The van der Waals surface area contributed by atoms with Crippen molar-refractivity contribution < 1.29 is 4.74 Å². The van der Waals surface area contributed by atoms with Crippen LogP contribution < -0.4 is 10.1 Å². The topological polar surface area (TPSA) is 52.0 Å². The molecule has 19 heavy (non-hydrogen) atoms. The summed E-state index contributed by atoms with van der Waals surface area (Å²) < 4.78 is 8.19. The zero-order valence-corrected chi connectivity index (χ0v) is 12.8. The molecule has 0 radical (unpaired) electrons. The van der Waals surface area contributed by atoms with Crippen LogP contribution in [0.2, 0.25) is 0 Å². The number of aryl methyl sites for hydroxylation is 1. The average Bonchev–Trinajstić information content (AvgIpc) is 2.75. The number of ether oxygens (including phenoxy) is 1. The minimum atomic E-state index is 0.293. The Morgan fingerprint density at radius 2 is 2.26 bits per heavy atom. The first-order valence-corrected chi connectivity index (χ1v) is 6.95. The van der Waals surface area contributed by atoms with E-state index in [0.717, 1.165) is 11.0 Å². The third-order valence-corrected chi connectivity index (χ3v) is 3.42. The van der Waals surface area contributed by atoms with Crippen LogP contribution in [-0.2, 0) is 7.05 Å². The van der Waals surface area contributed by atoms with E-state index in [1.807, 2.05) is 18.2 Å². The lowest BCUT2D eigenvalue weighted by atomic mass is 10.1. The predicted octanol–water partition coefficient (Wildman–Crippen LogP) is 3.04. The van der Waals surface area contributed by atoms with E-state index in [2.05, 4.69) is 45.2 Å². The van der Waals surface area contributed by atoms with Crippen molar-refractivity contribution in [3.05, 3.63) is 34.6 Å². The van der Waals surface area contributed by atoms with E-state index in [1.54, 1.807) is 18.1 Å². The summed E-state index contributed by atoms with van der Waals surface area (Å²) in [6.07, 6.45) is 1.60. The monoisotopic (exact) mass is 324 g/mol. The van der Waals surface area contributed by atoms with E-state index in [-0.39, 0.29) is 0 Å². The number of rotatable bonds is 5. The van der Waals surface area contributed by atoms with Crippen LogP contribution in [0.4, 0.5) is 0 Å². The number of hydrogen-bond acceptors (Lipinski definition) is 4. The molecule has 2 rings (SSSR count). The van der Waals surface area contributed by atoms with Crippen molar-refractivity contribution in [3.8, 4) is 11.8 Å². The molecule has 1 atom stereocenters. The van der Waals surface area contributed by atoms with Crippen molar-refractivity contribution in [1.29, 1.82) is 0 Å².